The number of hydrogen-bond donors (Lipinski definition) is 2. The molecule has 2 unspecified atom stereocenters. The van der Waals surface area contributed by atoms with Crippen LogP contribution in [0.1, 0.15) is 77.4 Å². The van der Waals surface area contributed by atoms with Crippen LogP contribution < -0.4 is 0 Å². The van der Waals surface area contributed by atoms with E-state index in [1.165, 1.54) is 0 Å². The zero-order chi connectivity index (χ0) is 25.2. The van der Waals surface area contributed by atoms with E-state index in [4.69, 9.17) is 9.47 Å². The Labute approximate surface area is 206 Å². The molecule has 190 valence electrons. The first-order valence-electron chi connectivity index (χ1n) is 12.3. The zero-order valence-corrected chi connectivity index (χ0v) is 21.9. The molecular formula is C26H39NO6S. The molecule has 0 spiro atoms. The summed E-state index contributed by atoms with van der Waals surface area (Å²) >= 11 is 1.56. The van der Waals surface area contributed by atoms with Gasteiger partial charge in [-0.25, -0.2) is 4.98 Å². The van der Waals surface area contributed by atoms with Crippen molar-refractivity contribution in [2.24, 2.45) is 17.3 Å². The molecule has 0 radical (unpaired) electrons. The summed E-state index contributed by atoms with van der Waals surface area (Å²) in [5.41, 5.74) is 0.494. The Kier molecular flexibility index (Phi) is 8.71. The van der Waals surface area contributed by atoms with Crippen molar-refractivity contribution in [2.75, 3.05) is 0 Å². The van der Waals surface area contributed by atoms with E-state index in [1.54, 1.807) is 32.1 Å². The van der Waals surface area contributed by atoms with Gasteiger partial charge >= 0.3 is 5.97 Å². The third-order valence-electron chi connectivity index (χ3n) is 7.41. The van der Waals surface area contributed by atoms with Crippen LogP contribution in [0.25, 0.3) is 6.08 Å². The minimum absolute atomic E-state index is 0.00770. The molecule has 0 bridgehead atoms. The lowest BCUT2D eigenvalue weighted by Crippen LogP contribution is -2.45. The number of nitrogens with zero attached hydrogens (tertiary/aromatic N) is 1. The second kappa shape index (κ2) is 11.0. The number of rotatable bonds is 2. The van der Waals surface area contributed by atoms with Crippen molar-refractivity contribution in [3.05, 3.63) is 21.7 Å². The third kappa shape index (κ3) is 6.53. The first-order valence-corrected chi connectivity index (χ1v) is 13.1. The lowest BCUT2D eigenvalue weighted by Gasteiger charge is -2.34. The van der Waals surface area contributed by atoms with Gasteiger partial charge in [0, 0.05) is 17.7 Å². The normalized spacial score (nSPS) is 36.0. The molecule has 1 aromatic rings. The molecule has 2 aliphatic rings. The lowest BCUT2D eigenvalue weighted by atomic mass is 9.73. The van der Waals surface area contributed by atoms with Crippen molar-refractivity contribution < 1.29 is 29.3 Å². The Hall–Kier alpha value is -1.61. The molecule has 2 fully saturated rings. The van der Waals surface area contributed by atoms with Gasteiger partial charge in [0.2, 0.25) is 0 Å². The van der Waals surface area contributed by atoms with Crippen molar-refractivity contribution in [2.45, 2.75) is 104 Å². The monoisotopic (exact) mass is 493 g/mol. The number of aliphatic hydroxyl groups excluding tert-OH is 2. The number of esters is 1. The van der Waals surface area contributed by atoms with E-state index >= 15 is 0 Å². The summed E-state index contributed by atoms with van der Waals surface area (Å²) < 4.78 is 11.7. The number of ether oxygens (including phenoxy) is 2. The topological polar surface area (TPSA) is 109 Å². The molecular weight excluding hydrogens is 454 g/mol. The predicted molar refractivity (Wildman–Crippen MR) is 131 cm³/mol. The quantitative estimate of drug-likeness (QED) is 0.472. The number of carbonyl (C=O) groups is 2. The standard InChI is InChI=1S/C26H39NO6S/c1-14-8-7-9-19-21(32-19)11-20(15(2)10-18-13-34-17(4)27-18)33-23(29)12-22(28)26(5,6)25(31)16(3)24(14)30/h10,13-14,16,19-22,24,28,30H,7-9,11-12H2,1-6H3/t14-,16+,19+,20-,21?,22?,24-/m0/s1. The van der Waals surface area contributed by atoms with E-state index in [9.17, 15) is 19.8 Å². The number of aliphatic hydroxyl groups is 2. The summed E-state index contributed by atoms with van der Waals surface area (Å²) in [6.07, 6.45) is 2.28. The van der Waals surface area contributed by atoms with Crippen LogP contribution in [-0.4, -0.2) is 57.5 Å². The number of Topliss-reactive ketones (excluding diaryl/α,β-unsaturated/α-hetero) is 1. The van der Waals surface area contributed by atoms with Gasteiger partial charge in [-0.3, -0.25) is 9.59 Å². The fraction of sp³-hybridized carbons (Fsp3) is 0.731. The average molecular weight is 494 g/mol. The molecule has 0 aliphatic carbocycles. The van der Waals surface area contributed by atoms with Gasteiger partial charge in [0.05, 0.1) is 47.0 Å². The molecule has 2 aliphatic heterocycles. The molecule has 7 nitrogen and oxygen atoms in total. The zero-order valence-electron chi connectivity index (χ0n) is 21.1. The fourth-order valence-corrected chi connectivity index (χ4v) is 5.35. The van der Waals surface area contributed by atoms with Gasteiger partial charge in [0.25, 0.3) is 0 Å². The summed E-state index contributed by atoms with van der Waals surface area (Å²) in [4.78, 5) is 30.5. The maximum Gasteiger partial charge on any atom is 0.309 e. The molecule has 2 N–H and O–H groups in total. The maximum absolute atomic E-state index is 13.2. The average Bonchev–Trinajstić information content (AvgIpc) is 3.38. The number of fused-ring (bicyclic) bond motifs is 1. The van der Waals surface area contributed by atoms with Crippen LogP contribution in [0, 0.1) is 24.2 Å². The van der Waals surface area contributed by atoms with Crippen LogP contribution in [0.2, 0.25) is 0 Å². The van der Waals surface area contributed by atoms with Gasteiger partial charge in [-0.05, 0) is 44.3 Å². The van der Waals surface area contributed by atoms with Gasteiger partial charge in [0.15, 0.2) is 0 Å². The summed E-state index contributed by atoms with van der Waals surface area (Å²) in [7, 11) is 0. The summed E-state index contributed by atoms with van der Waals surface area (Å²) in [6.45, 7) is 10.8. The Bertz CT molecular complexity index is 909. The molecule has 8 heteroatoms. The Balaban J connectivity index is 1.81. The minimum atomic E-state index is -1.22. The SMILES string of the molecule is CC(=Cc1csc(C)n1)[C@@H]1CC2O[C@@H]2CCC[C@H](C)[C@H](O)[C@@H](C)C(=O)C(C)(C)C(O)CC(=O)O1. The molecule has 3 rings (SSSR count). The van der Waals surface area contributed by atoms with E-state index in [1.807, 2.05) is 32.2 Å². The predicted octanol–water partition coefficient (Wildman–Crippen LogP) is 4.09. The first-order chi connectivity index (χ1) is 15.9. The summed E-state index contributed by atoms with van der Waals surface area (Å²) in [5.74, 6) is -1.52. The number of cyclic esters (lactones) is 1. The highest BCUT2D eigenvalue weighted by molar-refractivity contribution is 7.09. The largest absolute Gasteiger partial charge is 0.458 e. The first kappa shape index (κ1) is 27.0. The molecule has 1 aromatic heterocycles. The number of hydrogen-bond acceptors (Lipinski definition) is 8. The van der Waals surface area contributed by atoms with E-state index in [2.05, 4.69) is 4.98 Å². The van der Waals surface area contributed by atoms with Gasteiger partial charge < -0.3 is 19.7 Å². The van der Waals surface area contributed by atoms with Crippen LogP contribution in [0.4, 0.5) is 0 Å². The fourth-order valence-electron chi connectivity index (χ4n) is 4.78. The second-order valence-electron chi connectivity index (χ2n) is 10.6. The molecule has 2 saturated heterocycles. The minimum Gasteiger partial charge on any atom is -0.458 e. The smallest absolute Gasteiger partial charge is 0.309 e. The molecule has 34 heavy (non-hydrogen) atoms. The molecule has 7 atom stereocenters. The molecule has 3 heterocycles. The number of thiazole rings is 1. The van der Waals surface area contributed by atoms with E-state index in [0.717, 1.165) is 35.5 Å². The van der Waals surface area contributed by atoms with E-state index < -0.39 is 35.6 Å². The van der Waals surface area contributed by atoms with E-state index in [-0.39, 0.29) is 30.3 Å². The number of carbonyl (C=O) groups excluding carboxylic acids is 2. The third-order valence-corrected chi connectivity index (χ3v) is 8.20. The number of aromatic nitrogens is 1. The van der Waals surface area contributed by atoms with Crippen LogP contribution in [0.15, 0.2) is 11.0 Å². The highest BCUT2D eigenvalue weighted by atomic mass is 32.1. The summed E-state index contributed by atoms with van der Waals surface area (Å²) in [6, 6.07) is 0. The molecule has 0 amide bonds. The van der Waals surface area contributed by atoms with Gasteiger partial charge in [-0.1, -0.05) is 34.1 Å². The van der Waals surface area contributed by atoms with E-state index in [0.29, 0.717) is 6.42 Å². The van der Waals surface area contributed by atoms with Crippen LogP contribution in [-0.2, 0) is 19.1 Å². The number of ketones is 1. The Morgan fingerprint density at radius 2 is 1.91 bits per heavy atom. The summed E-state index contributed by atoms with van der Waals surface area (Å²) in [5, 5.41) is 24.5. The second-order valence-corrected chi connectivity index (χ2v) is 11.7. The van der Waals surface area contributed by atoms with Crippen LogP contribution in [0.5, 0.6) is 0 Å². The molecule has 0 aromatic carbocycles. The number of aryl methyl sites for hydroxylation is 1. The van der Waals surface area contributed by atoms with Crippen molar-refractivity contribution in [3.63, 3.8) is 0 Å². The highest BCUT2D eigenvalue weighted by Gasteiger charge is 2.44. The Morgan fingerprint density at radius 1 is 1.21 bits per heavy atom. The van der Waals surface area contributed by atoms with Gasteiger partial charge in [0.1, 0.15) is 11.9 Å². The Morgan fingerprint density at radius 3 is 2.56 bits per heavy atom. The van der Waals surface area contributed by atoms with Crippen molar-refractivity contribution in [1.82, 2.24) is 4.98 Å². The van der Waals surface area contributed by atoms with Gasteiger partial charge in [-0.2, -0.15) is 0 Å². The van der Waals surface area contributed by atoms with Crippen molar-refractivity contribution in [3.8, 4) is 0 Å². The van der Waals surface area contributed by atoms with Crippen molar-refractivity contribution in [1.29, 1.82) is 0 Å². The van der Waals surface area contributed by atoms with Crippen LogP contribution >= 0.6 is 11.3 Å². The highest BCUT2D eigenvalue weighted by Crippen LogP contribution is 2.36. The van der Waals surface area contributed by atoms with Gasteiger partial charge in [-0.15, -0.1) is 11.3 Å². The molecule has 0 saturated carbocycles. The maximum atomic E-state index is 13.2. The van der Waals surface area contributed by atoms with Crippen LogP contribution in [0.3, 0.4) is 0 Å². The number of epoxide rings is 1. The van der Waals surface area contributed by atoms with Crippen molar-refractivity contribution >= 4 is 29.2 Å². The lowest BCUT2D eigenvalue weighted by molar-refractivity contribution is -0.154.